The van der Waals surface area contributed by atoms with Crippen LogP contribution in [-0.4, -0.2) is 66.2 Å². The van der Waals surface area contributed by atoms with Gasteiger partial charge in [0.05, 0.1) is 18.4 Å². The molecular weight excluding hydrogens is 300 g/mol. The zero-order valence-electron chi connectivity index (χ0n) is 13.7. The van der Waals surface area contributed by atoms with Gasteiger partial charge in [0.2, 0.25) is 0 Å². The number of carbonyl (C=O) groups is 1. The number of aliphatic hydroxyl groups is 1. The Morgan fingerprint density at radius 2 is 2.22 bits per heavy atom. The second-order valence-electron chi connectivity index (χ2n) is 5.39. The van der Waals surface area contributed by atoms with Crippen molar-refractivity contribution >= 4 is 23.3 Å². The van der Waals surface area contributed by atoms with E-state index in [0.717, 1.165) is 11.5 Å². The third kappa shape index (κ3) is 4.30. The Kier molecular flexibility index (Phi) is 5.35. The van der Waals surface area contributed by atoms with E-state index in [2.05, 4.69) is 20.7 Å². The largest absolute Gasteiger partial charge is 0.389 e. The van der Waals surface area contributed by atoms with Gasteiger partial charge < -0.3 is 20.1 Å². The van der Waals surface area contributed by atoms with Crippen molar-refractivity contribution in [1.82, 2.24) is 19.9 Å². The highest BCUT2D eigenvalue weighted by atomic mass is 16.5. The zero-order valence-corrected chi connectivity index (χ0v) is 13.7. The number of aliphatic hydroxyl groups excluding tert-OH is 1. The van der Waals surface area contributed by atoms with E-state index in [0.29, 0.717) is 11.5 Å². The Balaban J connectivity index is 2.12. The van der Waals surface area contributed by atoms with Gasteiger partial charge in [-0.25, -0.2) is 9.78 Å². The maximum atomic E-state index is 11.9. The SMILES string of the molecule is COC[C@@H](O)CNC(=O)Nc1cc(N(C)C)n2nc(C)cc2n1. The Morgan fingerprint density at radius 3 is 2.87 bits per heavy atom. The molecule has 2 heterocycles. The molecule has 23 heavy (non-hydrogen) atoms. The van der Waals surface area contributed by atoms with E-state index in [4.69, 9.17) is 4.74 Å². The van der Waals surface area contributed by atoms with Crippen LogP contribution in [0.15, 0.2) is 12.1 Å². The fraction of sp³-hybridized carbons (Fsp3) is 0.500. The van der Waals surface area contributed by atoms with Crippen molar-refractivity contribution in [3.63, 3.8) is 0 Å². The Labute approximate surface area is 134 Å². The maximum absolute atomic E-state index is 11.9. The number of hydrogen-bond acceptors (Lipinski definition) is 6. The van der Waals surface area contributed by atoms with Gasteiger partial charge in [-0.15, -0.1) is 0 Å². The highest BCUT2D eigenvalue weighted by Gasteiger charge is 2.12. The molecule has 0 spiro atoms. The maximum Gasteiger partial charge on any atom is 0.320 e. The normalized spacial score (nSPS) is 12.2. The number of amides is 2. The first kappa shape index (κ1) is 17.0. The first-order valence-corrected chi connectivity index (χ1v) is 7.17. The molecule has 2 aromatic rings. The molecule has 0 radical (unpaired) electrons. The summed E-state index contributed by atoms with van der Waals surface area (Å²) in [5.74, 6) is 1.19. The molecule has 0 unspecified atom stereocenters. The number of urea groups is 1. The van der Waals surface area contributed by atoms with Crippen LogP contribution in [0.25, 0.3) is 5.65 Å². The topological polar surface area (TPSA) is 104 Å². The fourth-order valence-electron chi connectivity index (χ4n) is 2.08. The molecule has 0 fully saturated rings. The molecule has 1 atom stereocenters. The van der Waals surface area contributed by atoms with E-state index >= 15 is 0 Å². The summed E-state index contributed by atoms with van der Waals surface area (Å²) in [4.78, 5) is 18.1. The summed E-state index contributed by atoms with van der Waals surface area (Å²) in [6.45, 7) is 2.13. The number of rotatable bonds is 6. The molecule has 0 bridgehead atoms. The van der Waals surface area contributed by atoms with Crippen LogP contribution < -0.4 is 15.5 Å². The monoisotopic (exact) mass is 322 g/mol. The standard InChI is InChI=1S/C14H22N6O3/c1-9-5-12-16-11(6-13(19(2)3)20(12)18-9)17-14(22)15-7-10(21)8-23-4/h5-6,10,21H,7-8H2,1-4H3,(H2,15,16,17,22)/t10-/m0/s1. The predicted molar refractivity (Wildman–Crippen MR) is 87.0 cm³/mol. The molecule has 0 aliphatic heterocycles. The highest BCUT2D eigenvalue weighted by molar-refractivity contribution is 5.89. The average Bonchev–Trinajstić information content (AvgIpc) is 2.84. The molecule has 2 aromatic heterocycles. The van der Waals surface area contributed by atoms with Crippen molar-refractivity contribution < 1.29 is 14.6 Å². The van der Waals surface area contributed by atoms with Gasteiger partial charge in [0.15, 0.2) is 5.65 Å². The van der Waals surface area contributed by atoms with Crippen LogP contribution in [0, 0.1) is 6.92 Å². The van der Waals surface area contributed by atoms with Gasteiger partial charge in [0.1, 0.15) is 11.6 Å². The van der Waals surface area contributed by atoms with Crippen LogP contribution >= 0.6 is 0 Å². The number of anilines is 2. The van der Waals surface area contributed by atoms with Crippen LogP contribution in [0.2, 0.25) is 0 Å². The molecule has 2 rings (SSSR count). The van der Waals surface area contributed by atoms with Crippen LogP contribution in [0.5, 0.6) is 0 Å². The van der Waals surface area contributed by atoms with Crippen molar-refractivity contribution in [2.45, 2.75) is 13.0 Å². The van der Waals surface area contributed by atoms with Gasteiger partial charge in [-0.2, -0.15) is 9.61 Å². The van der Waals surface area contributed by atoms with E-state index in [1.807, 2.05) is 32.0 Å². The number of hydrogen-bond donors (Lipinski definition) is 3. The summed E-state index contributed by atoms with van der Waals surface area (Å²) in [7, 11) is 5.26. The van der Waals surface area contributed by atoms with Crippen LogP contribution in [-0.2, 0) is 4.74 Å². The minimum absolute atomic E-state index is 0.0915. The van der Waals surface area contributed by atoms with E-state index < -0.39 is 12.1 Å². The fourth-order valence-corrected chi connectivity index (χ4v) is 2.08. The quantitative estimate of drug-likeness (QED) is 0.703. The van der Waals surface area contributed by atoms with E-state index in [9.17, 15) is 9.90 Å². The lowest BCUT2D eigenvalue weighted by Crippen LogP contribution is -2.37. The van der Waals surface area contributed by atoms with Crippen molar-refractivity contribution in [2.24, 2.45) is 0 Å². The molecule has 9 nitrogen and oxygen atoms in total. The zero-order chi connectivity index (χ0) is 17.0. The van der Waals surface area contributed by atoms with Crippen molar-refractivity contribution in [3.05, 3.63) is 17.8 Å². The lowest BCUT2D eigenvalue weighted by atomic mass is 10.4. The third-order valence-corrected chi connectivity index (χ3v) is 3.09. The summed E-state index contributed by atoms with van der Waals surface area (Å²) in [6.07, 6.45) is -0.754. The summed E-state index contributed by atoms with van der Waals surface area (Å²) < 4.78 is 6.51. The van der Waals surface area contributed by atoms with Crippen molar-refractivity contribution in [1.29, 1.82) is 0 Å². The predicted octanol–water partition coefficient (Wildman–Crippen LogP) is 0.233. The third-order valence-electron chi connectivity index (χ3n) is 3.09. The molecule has 0 aromatic carbocycles. The molecule has 2 amide bonds. The smallest absolute Gasteiger partial charge is 0.320 e. The molecule has 126 valence electrons. The van der Waals surface area contributed by atoms with Gasteiger partial charge in [-0.3, -0.25) is 5.32 Å². The molecule has 9 heteroatoms. The number of nitrogens with one attached hydrogen (secondary N) is 2. The van der Waals surface area contributed by atoms with E-state index in [1.165, 1.54) is 7.11 Å². The summed E-state index contributed by atoms with van der Waals surface area (Å²) in [5.41, 5.74) is 1.48. The lowest BCUT2D eigenvalue weighted by molar-refractivity contribution is 0.0663. The molecule has 0 aliphatic carbocycles. The minimum Gasteiger partial charge on any atom is -0.389 e. The van der Waals surface area contributed by atoms with Crippen LogP contribution in [0.4, 0.5) is 16.4 Å². The Bertz CT molecular complexity index is 684. The summed E-state index contributed by atoms with van der Waals surface area (Å²) >= 11 is 0. The lowest BCUT2D eigenvalue weighted by Gasteiger charge is -2.16. The molecular formula is C14H22N6O3. The van der Waals surface area contributed by atoms with Crippen LogP contribution in [0.1, 0.15) is 5.69 Å². The average molecular weight is 322 g/mol. The van der Waals surface area contributed by atoms with Crippen molar-refractivity contribution in [2.75, 3.05) is 44.6 Å². The van der Waals surface area contributed by atoms with Gasteiger partial charge >= 0.3 is 6.03 Å². The Morgan fingerprint density at radius 1 is 1.48 bits per heavy atom. The molecule has 0 saturated heterocycles. The van der Waals surface area contributed by atoms with E-state index in [-0.39, 0.29) is 13.2 Å². The van der Waals surface area contributed by atoms with Gasteiger partial charge in [-0.1, -0.05) is 0 Å². The van der Waals surface area contributed by atoms with Gasteiger partial charge in [-0.05, 0) is 6.92 Å². The number of ether oxygens (including phenoxy) is 1. The number of carbonyl (C=O) groups excluding carboxylic acids is 1. The first-order chi connectivity index (χ1) is 10.9. The highest BCUT2D eigenvalue weighted by Crippen LogP contribution is 2.19. The Hall–Kier alpha value is -2.39. The summed E-state index contributed by atoms with van der Waals surface area (Å²) in [6, 6.07) is 3.11. The van der Waals surface area contributed by atoms with Crippen molar-refractivity contribution in [3.8, 4) is 0 Å². The van der Waals surface area contributed by atoms with Gasteiger partial charge in [0.25, 0.3) is 0 Å². The second-order valence-corrected chi connectivity index (χ2v) is 5.39. The number of aryl methyl sites for hydroxylation is 1. The number of methoxy groups -OCH3 is 1. The number of nitrogens with zero attached hydrogens (tertiary/aromatic N) is 4. The van der Waals surface area contributed by atoms with Gasteiger partial charge in [0, 0.05) is 39.9 Å². The molecule has 3 N–H and O–H groups in total. The molecule has 0 aliphatic rings. The van der Waals surface area contributed by atoms with E-state index in [1.54, 1.807) is 10.6 Å². The number of aromatic nitrogens is 3. The second kappa shape index (κ2) is 7.25. The minimum atomic E-state index is -0.754. The number of fused-ring (bicyclic) bond motifs is 1. The van der Waals surface area contributed by atoms with Crippen LogP contribution in [0.3, 0.4) is 0 Å². The first-order valence-electron chi connectivity index (χ1n) is 7.17. The molecule has 0 saturated carbocycles. The summed E-state index contributed by atoms with van der Waals surface area (Å²) in [5, 5.41) is 19.1.